The fourth-order valence-corrected chi connectivity index (χ4v) is 3.10. The Morgan fingerprint density at radius 3 is 2.80 bits per heavy atom. The van der Waals surface area contributed by atoms with Crippen molar-refractivity contribution in [3.63, 3.8) is 0 Å². The number of halogens is 1. The summed E-state index contributed by atoms with van der Waals surface area (Å²) in [6.45, 7) is 3.88. The maximum atomic E-state index is 10.9. The standard InChI is InChI=1S/C10H8BrNO2S/c1-4-3-6-7(11)8(10(13)14)15-9(6)12-5(4)2/h3H,1-2H3,(H,13,14). The lowest BCUT2D eigenvalue weighted by atomic mass is 10.2. The monoisotopic (exact) mass is 285 g/mol. The first-order valence-electron chi connectivity index (χ1n) is 4.30. The van der Waals surface area contributed by atoms with Crippen molar-refractivity contribution in [2.24, 2.45) is 0 Å². The molecular formula is C10H8BrNO2S. The smallest absolute Gasteiger partial charge is 0.347 e. The van der Waals surface area contributed by atoms with Crippen molar-refractivity contribution in [2.75, 3.05) is 0 Å². The van der Waals surface area contributed by atoms with Gasteiger partial charge in [0, 0.05) is 11.1 Å². The van der Waals surface area contributed by atoms with E-state index < -0.39 is 5.97 Å². The second-order valence-corrected chi connectivity index (χ2v) is 5.09. The Hall–Kier alpha value is -0.940. The molecule has 2 aromatic heterocycles. The van der Waals surface area contributed by atoms with E-state index in [1.807, 2.05) is 19.9 Å². The molecule has 2 heterocycles. The van der Waals surface area contributed by atoms with Gasteiger partial charge in [-0.15, -0.1) is 11.3 Å². The molecule has 5 heteroatoms. The lowest BCUT2D eigenvalue weighted by molar-refractivity contribution is 0.0701. The van der Waals surface area contributed by atoms with Crippen LogP contribution in [0.1, 0.15) is 20.9 Å². The summed E-state index contributed by atoms with van der Waals surface area (Å²) in [5, 5.41) is 9.83. The van der Waals surface area contributed by atoms with Crippen molar-refractivity contribution in [1.82, 2.24) is 4.98 Å². The number of fused-ring (bicyclic) bond motifs is 1. The van der Waals surface area contributed by atoms with Gasteiger partial charge in [0.05, 0.1) is 4.47 Å². The van der Waals surface area contributed by atoms with Crippen LogP contribution >= 0.6 is 27.3 Å². The van der Waals surface area contributed by atoms with Crippen LogP contribution in [-0.2, 0) is 0 Å². The number of aryl methyl sites for hydroxylation is 2. The number of thiophene rings is 1. The molecule has 0 aliphatic heterocycles. The zero-order chi connectivity index (χ0) is 11.2. The Morgan fingerprint density at radius 2 is 2.20 bits per heavy atom. The second kappa shape index (κ2) is 3.57. The number of aromatic nitrogens is 1. The molecule has 0 atom stereocenters. The molecule has 0 saturated carbocycles. The SMILES string of the molecule is Cc1cc2c(Br)c(C(=O)O)sc2nc1C. The number of hydrogen-bond donors (Lipinski definition) is 1. The van der Waals surface area contributed by atoms with Crippen LogP contribution in [0.15, 0.2) is 10.5 Å². The molecule has 1 N–H and O–H groups in total. The molecule has 0 unspecified atom stereocenters. The molecule has 0 spiro atoms. The molecule has 78 valence electrons. The van der Waals surface area contributed by atoms with E-state index in [2.05, 4.69) is 20.9 Å². The van der Waals surface area contributed by atoms with Gasteiger partial charge in [0.1, 0.15) is 9.71 Å². The molecule has 0 aliphatic carbocycles. The van der Waals surface area contributed by atoms with Crippen LogP contribution in [0.2, 0.25) is 0 Å². The zero-order valence-electron chi connectivity index (χ0n) is 8.17. The minimum atomic E-state index is -0.916. The Balaban J connectivity index is 2.83. The zero-order valence-corrected chi connectivity index (χ0v) is 10.6. The summed E-state index contributed by atoms with van der Waals surface area (Å²) in [7, 11) is 0. The van der Waals surface area contributed by atoms with Gasteiger partial charge in [-0.1, -0.05) is 0 Å². The van der Waals surface area contributed by atoms with Gasteiger partial charge in [0.2, 0.25) is 0 Å². The van der Waals surface area contributed by atoms with Crippen LogP contribution in [0, 0.1) is 13.8 Å². The van der Waals surface area contributed by atoms with Crippen LogP contribution < -0.4 is 0 Å². The highest BCUT2D eigenvalue weighted by Crippen LogP contribution is 2.35. The largest absolute Gasteiger partial charge is 0.477 e. The first kappa shape index (κ1) is 10.6. The number of hydrogen-bond acceptors (Lipinski definition) is 3. The first-order chi connectivity index (χ1) is 7.00. The van der Waals surface area contributed by atoms with Crippen LogP contribution in [0.3, 0.4) is 0 Å². The van der Waals surface area contributed by atoms with Crippen molar-refractivity contribution in [1.29, 1.82) is 0 Å². The van der Waals surface area contributed by atoms with Crippen molar-refractivity contribution < 1.29 is 9.90 Å². The summed E-state index contributed by atoms with van der Waals surface area (Å²) >= 11 is 4.50. The highest BCUT2D eigenvalue weighted by Gasteiger charge is 2.17. The van der Waals surface area contributed by atoms with Crippen LogP contribution in [0.4, 0.5) is 0 Å². The van der Waals surface area contributed by atoms with E-state index in [1.54, 1.807) is 0 Å². The van der Waals surface area contributed by atoms with Crippen molar-refractivity contribution in [3.05, 3.63) is 26.7 Å². The first-order valence-corrected chi connectivity index (χ1v) is 5.91. The highest BCUT2D eigenvalue weighted by atomic mass is 79.9. The number of nitrogens with zero attached hydrogens (tertiary/aromatic N) is 1. The van der Waals surface area contributed by atoms with Crippen LogP contribution in [0.25, 0.3) is 10.2 Å². The number of carboxylic acids is 1. The van der Waals surface area contributed by atoms with Crippen LogP contribution in [0.5, 0.6) is 0 Å². The molecule has 0 aliphatic rings. The summed E-state index contributed by atoms with van der Waals surface area (Å²) in [5.41, 5.74) is 2.01. The molecule has 0 fully saturated rings. The van der Waals surface area contributed by atoms with E-state index in [0.717, 1.165) is 21.5 Å². The Bertz CT molecular complexity index is 562. The van der Waals surface area contributed by atoms with Gasteiger partial charge < -0.3 is 5.11 Å². The van der Waals surface area contributed by atoms with Gasteiger partial charge in [-0.05, 0) is 41.4 Å². The van der Waals surface area contributed by atoms with Crippen molar-refractivity contribution in [2.45, 2.75) is 13.8 Å². The maximum Gasteiger partial charge on any atom is 0.347 e. The Morgan fingerprint density at radius 1 is 1.53 bits per heavy atom. The highest BCUT2D eigenvalue weighted by molar-refractivity contribution is 9.10. The van der Waals surface area contributed by atoms with Gasteiger partial charge >= 0.3 is 5.97 Å². The van der Waals surface area contributed by atoms with Gasteiger partial charge in [0.25, 0.3) is 0 Å². The number of pyridine rings is 1. The van der Waals surface area contributed by atoms with E-state index in [0.29, 0.717) is 9.35 Å². The lowest BCUT2D eigenvalue weighted by Crippen LogP contribution is -1.91. The maximum absolute atomic E-state index is 10.9. The van der Waals surface area contributed by atoms with E-state index in [9.17, 15) is 4.79 Å². The molecule has 0 saturated heterocycles. The Kier molecular flexibility index (Phi) is 2.52. The third kappa shape index (κ3) is 1.66. The summed E-state index contributed by atoms with van der Waals surface area (Å²) in [4.78, 5) is 16.4. The van der Waals surface area contributed by atoms with Crippen molar-refractivity contribution in [3.8, 4) is 0 Å². The summed E-state index contributed by atoms with van der Waals surface area (Å²) in [5.74, 6) is -0.916. The van der Waals surface area contributed by atoms with Gasteiger partial charge in [-0.2, -0.15) is 0 Å². The minimum Gasteiger partial charge on any atom is -0.477 e. The summed E-state index contributed by atoms with van der Waals surface area (Å²) < 4.78 is 0.630. The number of aromatic carboxylic acids is 1. The minimum absolute atomic E-state index is 0.308. The molecule has 15 heavy (non-hydrogen) atoms. The van der Waals surface area contributed by atoms with Gasteiger partial charge in [-0.25, -0.2) is 9.78 Å². The van der Waals surface area contributed by atoms with Gasteiger partial charge in [0.15, 0.2) is 0 Å². The molecule has 0 aromatic carbocycles. The molecule has 0 bridgehead atoms. The number of carboxylic acid groups (broad SMARTS) is 1. The van der Waals surface area contributed by atoms with Crippen molar-refractivity contribution >= 4 is 43.5 Å². The predicted octanol–water partition coefficient (Wildman–Crippen LogP) is 3.37. The third-order valence-electron chi connectivity index (χ3n) is 2.26. The average Bonchev–Trinajstić information content (AvgIpc) is 2.46. The Labute approximate surface area is 98.9 Å². The van der Waals surface area contributed by atoms with Crippen LogP contribution in [-0.4, -0.2) is 16.1 Å². The predicted molar refractivity (Wildman–Crippen MR) is 63.8 cm³/mol. The molecule has 0 radical (unpaired) electrons. The second-order valence-electron chi connectivity index (χ2n) is 3.29. The fraction of sp³-hybridized carbons (Fsp3) is 0.200. The molecular weight excluding hydrogens is 278 g/mol. The topological polar surface area (TPSA) is 50.2 Å². The van der Waals surface area contributed by atoms with E-state index >= 15 is 0 Å². The van der Waals surface area contributed by atoms with Gasteiger partial charge in [-0.3, -0.25) is 0 Å². The molecule has 2 rings (SSSR count). The third-order valence-corrected chi connectivity index (χ3v) is 4.43. The van der Waals surface area contributed by atoms with E-state index in [-0.39, 0.29) is 0 Å². The van der Waals surface area contributed by atoms with E-state index in [1.165, 1.54) is 11.3 Å². The lowest BCUT2D eigenvalue weighted by Gasteiger charge is -1.98. The summed E-state index contributed by atoms with van der Waals surface area (Å²) in [6.07, 6.45) is 0. The summed E-state index contributed by atoms with van der Waals surface area (Å²) in [6, 6.07) is 1.96. The fourth-order valence-electron chi connectivity index (χ4n) is 1.32. The number of rotatable bonds is 1. The molecule has 0 amide bonds. The number of carbonyl (C=O) groups is 1. The quantitative estimate of drug-likeness (QED) is 0.874. The van der Waals surface area contributed by atoms with E-state index in [4.69, 9.17) is 5.11 Å². The molecule has 3 nitrogen and oxygen atoms in total. The molecule has 2 aromatic rings. The normalized spacial score (nSPS) is 10.9. The average molecular weight is 286 g/mol.